The van der Waals surface area contributed by atoms with Gasteiger partial charge in [0, 0.05) is 0 Å². The van der Waals surface area contributed by atoms with E-state index in [0.717, 1.165) is 37.0 Å². The standard InChI is InChI=1S/C11H16N2O4S2/c14-11(15)9-10(18-7-12-9)13-19(16,17)6-8-4-2-1-3-5-8/h7-8,13H,1-6H2,(H,14,15). The highest BCUT2D eigenvalue weighted by Gasteiger charge is 2.24. The molecule has 0 saturated heterocycles. The molecule has 0 amide bonds. The smallest absolute Gasteiger partial charge is 0.357 e. The van der Waals surface area contributed by atoms with Crippen LogP contribution in [0.25, 0.3) is 0 Å². The van der Waals surface area contributed by atoms with Crippen molar-refractivity contribution in [3.63, 3.8) is 0 Å². The maximum absolute atomic E-state index is 12.0. The van der Waals surface area contributed by atoms with Crippen molar-refractivity contribution >= 4 is 32.3 Å². The molecule has 6 nitrogen and oxygen atoms in total. The van der Waals surface area contributed by atoms with Crippen molar-refractivity contribution in [3.8, 4) is 0 Å². The zero-order chi connectivity index (χ0) is 13.9. The number of nitrogens with one attached hydrogen (secondary N) is 1. The minimum absolute atomic E-state index is 0.0595. The van der Waals surface area contributed by atoms with E-state index in [9.17, 15) is 13.2 Å². The number of aromatic carboxylic acids is 1. The van der Waals surface area contributed by atoms with Gasteiger partial charge in [-0.3, -0.25) is 4.72 Å². The normalized spacial score (nSPS) is 17.3. The lowest BCUT2D eigenvalue weighted by Gasteiger charge is -2.21. The number of anilines is 1. The fourth-order valence-electron chi connectivity index (χ4n) is 2.32. The monoisotopic (exact) mass is 304 g/mol. The Morgan fingerprint density at radius 1 is 1.42 bits per heavy atom. The number of sulfonamides is 1. The van der Waals surface area contributed by atoms with Crippen LogP contribution in [0.5, 0.6) is 0 Å². The van der Waals surface area contributed by atoms with Gasteiger partial charge in [-0.05, 0) is 18.8 Å². The van der Waals surface area contributed by atoms with Crippen molar-refractivity contribution < 1.29 is 18.3 Å². The van der Waals surface area contributed by atoms with Crippen LogP contribution in [0.1, 0.15) is 42.6 Å². The van der Waals surface area contributed by atoms with Crippen molar-refractivity contribution in [2.75, 3.05) is 10.5 Å². The van der Waals surface area contributed by atoms with E-state index in [2.05, 4.69) is 9.71 Å². The third kappa shape index (κ3) is 3.90. The summed E-state index contributed by atoms with van der Waals surface area (Å²) >= 11 is 0.985. The molecule has 2 N–H and O–H groups in total. The Bertz CT molecular complexity index is 547. The number of carboxylic acids is 1. The number of hydrogen-bond acceptors (Lipinski definition) is 5. The van der Waals surface area contributed by atoms with E-state index in [-0.39, 0.29) is 22.4 Å². The average molecular weight is 304 g/mol. The van der Waals surface area contributed by atoms with Crippen molar-refractivity contribution in [2.24, 2.45) is 5.92 Å². The van der Waals surface area contributed by atoms with Gasteiger partial charge < -0.3 is 5.11 Å². The Kier molecular flexibility index (Phi) is 4.41. The van der Waals surface area contributed by atoms with E-state index < -0.39 is 16.0 Å². The number of thiazole rings is 1. The summed E-state index contributed by atoms with van der Waals surface area (Å²) in [6.45, 7) is 0. The van der Waals surface area contributed by atoms with Crippen LogP contribution in [0.3, 0.4) is 0 Å². The van der Waals surface area contributed by atoms with Gasteiger partial charge in [0.15, 0.2) is 5.69 Å². The minimum atomic E-state index is -3.50. The Labute approximate surface area is 115 Å². The third-order valence-corrected chi connectivity index (χ3v) is 5.49. The topological polar surface area (TPSA) is 96.4 Å². The number of carboxylic acid groups (broad SMARTS) is 1. The van der Waals surface area contributed by atoms with Crippen LogP contribution >= 0.6 is 11.3 Å². The van der Waals surface area contributed by atoms with Crippen LogP contribution in [0.15, 0.2) is 5.51 Å². The van der Waals surface area contributed by atoms with Gasteiger partial charge in [-0.25, -0.2) is 18.2 Å². The first-order valence-corrected chi connectivity index (χ1v) is 8.68. The van der Waals surface area contributed by atoms with E-state index >= 15 is 0 Å². The molecule has 19 heavy (non-hydrogen) atoms. The number of hydrogen-bond donors (Lipinski definition) is 2. The van der Waals surface area contributed by atoms with Gasteiger partial charge in [0.2, 0.25) is 10.0 Å². The quantitative estimate of drug-likeness (QED) is 0.869. The number of rotatable bonds is 5. The molecular weight excluding hydrogens is 288 g/mol. The molecular formula is C11H16N2O4S2. The molecule has 0 spiro atoms. The van der Waals surface area contributed by atoms with Gasteiger partial charge >= 0.3 is 5.97 Å². The molecule has 0 radical (unpaired) electrons. The number of carbonyl (C=O) groups is 1. The highest BCUT2D eigenvalue weighted by atomic mass is 32.2. The summed E-state index contributed by atoms with van der Waals surface area (Å²) in [5.74, 6) is -0.992. The molecule has 0 bridgehead atoms. The first-order valence-electron chi connectivity index (χ1n) is 6.15. The Morgan fingerprint density at radius 2 is 2.11 bits per heavy atom. The summed E-state index contributed by atoms with van der Waals surface area (Å²) < 4.78 is 26.4. The largest absolute Gasteiger partial charge is 0.476 e. The molecule has 2 rings (SSSR count). The van der Waals surface area contributed by atoms with Gasteiger partial charge in [0.25, 0.3) is 0 Å². The molecule has 1 aliphatic carbocycles. The minimum Gasteiger partial charge on any atom is -0.476 e. The van der Waals surface area contributed by atoms with Crippen molar-refractivity contribution in [1.29, 1.82) is 0 Å². The SMILES string of the molecule is O=C(O)c1ncsc1NS(=O)(=O)CC1CCCCC1. The fourth-order valence-corrected chi connectivity index (χ4v) is 4.82. The van der Waals surface area contributed by atoms with Gasteiger partial charge in [0.05, 0.1) is 11.3 Å². The van der Waals surface area contributed by atoms with Crippen LogP contribution in [0, 0.1) is 5.92 Å². The highest BCUT2D eigenvalue weighted by molar-refractivity contribution is 7.92. The summed E-state index contributed by atoms with van der Waals surface area (Å²) in [6.07, 6.45) is 5.16. The second-order valence-corrected chi connectivity index (χ2v) is 7.34. The number of nitrogens with zero attached hydrogens (tertiary/aromatic N) is 1. The maximum atomic E-state index is 12.0. The van der Waals surface area contributed by atoms with Gasteiger partial charge in [-0.2, -0.15) is 0 Å². The first kappa shape index (κ1) is 14.3. The summed E-state index contributed by atoms with van der Waals surface area (Å²) in [7, 11) is -3.50. The first-order chi connectivity index (χ1) is 8.98. The van der Waals surface area contributed by atoms with Crippen molar-refractivity contribution in [3.05, 3.63) is 11.2 Å². The van der Waals surface area contributed by atoms with Gasteiger partial charge in [-0.15, -0.1) is 11.3 Å². The highest BCUT2D eigenvalue weighted by Crippen LogP contribution is 2.27. The molecule has 1 aromatic rings. The molecule has 1 aromatic heterocycles. The van der Waals surface area contributed by atoms with Crippen LogP contribution in [0.4, 0.5) is 5.00 Å². The van der Waals surface area contributed by atoms with E-state index in [1.807, 2.05) is 0 Å². The van der Waals surface area contributed by atoms with Crippen LogP contribution in [-0.4, -0.2) is 30.2 Å². The third-order valence-electron chi connectivity index (χ3n) is 3.20. The van der Waals surface area contributed by atoms with Crippen LogP contribution in [-0.2, 0) is 10.0 Å². The van der Waals surface area contributed by atoms with Crippen LogP contribution in [0.2, 0.25) is 0 Å². The summed E-state index contributed by atoms with van der Waals surface area (Å²) in [5, 5.41) is 8.97. The molecule has 1 aliphatic rings. The van der Waals surface area contributed by atoms with E-state index in [1.54, 1.807) is 0 Å². The van der Waals surface area contributed by atoms with Gasteiger partial charge in [-0.1, -0.05) is 19.3 Å². The Hall–Kier alpha value is -1.15. The summed E-state index contributed by atoms with van der Waals surface area (Å²) in [6, 6.07) is 0. The maximum Gasteiger partial charge on any atom is 0.357 e. The molecule has 106 valence electrons. The van der Waals surface area contributed by atoms with Gasteiger partial charge in [0.1, 0.15) is 5.00 Å². The molecule has 0 aliphatic heterocycles. The van der Waals surface area contributed by atoms with Crippen molar-refractivity contribution in [2.45, 2.75) is 32.1 Å². The molecule has 0 aromatic carbocycles. The molecule has 0 unspecified atom stereocenters. The molecule has 1 heterocycles. The summed E-state index contributed by atoms with van der Waals surface area (Å²) in [5.41, 5.74) is 1.08. The summed E-state index contributed by atoms with van der Waals surface area (Å²) in [4.78, 5) is 14.5. The predicted molar refractivity (Wildman–Crippen MR) is 73.1 cm³/mol. The second-order valence-electron chi connectivity index (χ2n) is 4.72. The Balaban J connectivity index is 2.04. The van der Waals surface area contributed by atoms with E-state index in [1.165, 1.54) is 11.9 Å². The number of aromatic nitrogens is 1. The average Bonchev–Trinajstić information content (AvgIpc) is 2.77. The lowest BCUT2D eigenvalue weighted by molar-refractivity contribution is 0.0692. The van der Waals surface area contributed by atoms with Crippen LogP contribution < -0.4 is 4.72 Å². The molecule has 8 heteroatoms. The molecule has 1 saturated carbocycles. The van der Waals surface area contributed by atoms with Crippen molar-refractivity contribution in [1.82, 2.24) is 4.98 Å². The molecule has 0 atom stereocenters. The fraction of sp³-hybridized carbons (Fsp3) is 0.636. The van der Waals surface area contributed by atoms with E-state index in [0.29, 0.717) is 0 Å². The van der Waals surface area contributed by atoms with E-state index in [4.69, 9.17) is 5.11 Å². The lowest BCUT2D eigenvalue weighted by atomic mass is 9.91. The lowest BCUT2D eigenvalue weighted by Crippen LogP contribution is -2.24. The second kappa shape index (κ2) is 5.87. The zero-order valence-corrected chi connectivity index (χ0v) is 12.0. The zero-order valence-electron chi connectivity index (χ0n) is 10.3. The Morgan fingerprint density at radius 3 is 2.74 bits per heavy atom. The predicted octanol–water partition coefficient (Wildman–Crippen LogP) is 2.16. The molecule has 1 fully saturated rings.